The van der Waals surface area contributed by atoms with Crippen molar-refractivity contribution in [3.8, 4) is 0 Å². The molecule has 21 heavy (non-hydrogen) atoms. The van der Waals surface area contributed by atoms with E-state index < -0.39 is 0 Å². The lowest BCUT2D eigenvalue weighted by atomic mass is 9.93. The minimum absolute atomic E-state index is 0.0287. The molecule has 0 saturated heterocycles. The van der Waals surface area contributed by atoms with E-state index >= 15 is 0 Å². The molecule has 6 heteroatoms. The third-order valence-corrected chi connectivity index (χ3v) is 3.84. The van der Waals surface area contributed by atoms with Gasteiger partial charge in [-0.3, -0.25) is 10.1 Å². The smallest absolute Gasteiger partial charge is 0.257 e. The zero-order valence-electron chi connectivity index (χ0n) is 12.0. The number of nitrogens with one attached hydrogen (secondary N) is 1. The fourth-order valence-corrected chi connectivity index (χ4v) is 2.78. The summed E-state index contributed by atoms with van der Waals surface area (Å²) < 4.78 is 5.16. The molecule has 0 aliphatic carbocycles. The molecule has 0 aliphatic rings. The fraction of sp³-hybridized carbons (Fsp3) is 0.267. The van der Waals surface area contributed by atoms with Gasteiger partial charge in [-0.1, -0.05) is 20.8 Å². The van der Waals surface area contributed by atoms with E-state index in [9.17, 15) is 4.79 Å². The van der Waals surface area contributed by atoms with Gasteiger partial charge in [0.1, 0.15) is 5.52 Å². The van der Waals surface area contributed by atoms with Gasteiger partial charge in [0.25, 0.3) is 5.91 Å². The molecule has 0 atom stereocenters. The lowest BCUT2D eigenvalue weighted by molar-refractivity contribution is 0.102. The molecule has 0 fully saturated rings. The number of hydrogen-bond acceptors (Lipinski definition) is 5. The molecule has 2 heterocycles. The van der Waals surface area contributed by atoms with Gasteiger partial charge in [0.2, 0.25) is 0 Å². The Labute approximate surface area is 126 Å². The van der Waals surface area contributed by atoms with Crippen LogP contribution in [0.2, 0.25) is 0 Å². The van der Waals surface area contributed by atoms with E-state index in [4.69, 9.17) is 4.42 Å². The molecule has 2 aromatic heterocycles. The van der Waals surface area contributed by atoms with Crippen molar-refractivity contribution in [2.24, 2.45) is 0 Å². The second-order valence-electron chi connectivity index (χ2n) is 5.78. The minimum atomic E-state index is -0.199. The Bertz CT molecular complexity index is 798. The summed E-state index contributed by atoms with van der Waals surface area (Å²) in [5.41, 5.74) is 2.80. The van der Waals surface area contributed by atoms with Crippen molar-refractivity contribution >= 4 is 33.5 Å². The lowest BCUT2D eigenvalue weighted by Gasteiger charge is -2.14. The highest BCUT2D eigenvalue weighted by Gasteiger charge is 2.18. The second kappa shape index (κ2) is 4.96. The lowest BCUT2D eigenvalue weighted by Crippen LogP contribution is -2.14. The summed E-state index contributed by atoms with van der Waals surface area (Å²) >= 11 is 1.43. The molecule has 3 rings (SSSR count). The number of amides is 1. The summed E-state index contributed by atoms with van der Waals surface area (Å²) in [5, 5.41) is 5.39. The van der Waals surface area contributed by atoms with Gasteiger partial charge >= 0.3 is 0 Å². The van der Waals surface area contributed by atoms with E-state index in [2.05, 4.69) is 36.1 Å². The van der Waals surface area contributed by atoms with Crippen molar-refractivity contribution in [3.63, 3.8) is 0 Å². The number of fused-ring (bicyclic) bond motifs is 1. The molecule has 108 valence electrons. The molecule has 0 radical (unpaired) electrons. The summed E-state index contributed by atoms with van der Waals surface area (Å²) in [6, 6.07) is 5.15. The van der Waals surface area contributed by atoms with Gasteiger partial charge in [0.15, 0.2) is 17.1 Å². The number of aromatic nitrogens is 2. The normalized spacial score (nSPS) is 11.8. The molecule has 0 spiro atoms. The maximum Gasteiger partial charge on any atom is 0.257 e. The van der Waals surface area contributed by atoms with Crippen LogP contribution in [0.25, 0.3) is 11.1 Å². The molecule has 5 nitrogen and oxygen atoms in total. The highest BCUT2D eigenvalue weighted by atomic mass is 32.1. The van der Waals surface area contributed by atoms with Crippen molar-refractivity contribution in [1.82, 2.24) is 9.97 Å². The number of rotatable bonds is 2. The van der Waals surface area contributed by atoms with Crippen LogP contribution in [0.3, 0.4) is 0 Å². The third-order valence-electron chi connectivity index (χ3n) is 3.09. The number of hydrogen-bond donors (Lipinski definition) is 1. The maximum absolute atomic E-state index is 12.2. The average Bonchev–Trinajstić information content (AvgIpc) is 3.04. The Kier molecular flexibility index (Phi) is 3.25. The number of thiazole rings is 1. The summed E-state index contributed by atoms with van der Waals surface area (Å²) in [5.74, 6) is -0.199. The van der Waals surface area contributed by atoms with Crippen molar-refractivity contribution in [1.29, 1.82) is 0 Å². The van der Waals surface area contributed by atoms with Gasteiger partial charge in [0, 0.05) is 16.4 Å². The van der Waals surface area contributed by atoms with Gasteiger partial charge in [-0.05, 0) is 18.2 Å². The van der Waals surface area contributed by atoms with Crippen LogP contribution in [0, 0.1) is 0 Å². The third kappa shape index (κ3) is 2.80. The van der Waals surface area contributed by atoms with Gasteiger partial charge in [-0.2, -0.15) is 0 Å². The maximum atomic E-state index is 12.2. The van der Waals surface area contributed by atoms with Crippen LogP contribution in [0.5, 0.6) is 0 Å². The highest BCUT2D eigenvalue weighted by molar-refractivity contribution is 7.14. The zero-order chi connectivity index (χ0) is 15.0. The zero-order valence-corrected chi connectivity index (χ0v) is 12.8. The van der Waals surface area contributed by atoms with Crippen LogP contribution >= 0.6 is 11.3 Å². The van der Waals surface area contributed by atoms with E-state index in [0.29, 0.717) is 21.8 Å². The molecule has 0 saturated carbocycles. The largest absolute Gasteiger partial charge is 0.443 e. The van der Waals surface area contributed by atoms with Crippen molar-refractivity contribution in [2.75, 3.05) is 5.32 Å². The predicted octanol–water partition coefficient (Wildman–Crippen LogP) is 3.83. The Balaban J connectivity index is 1.81. The molecule has 0 aliphatic heterocycles. The van der Waals surface area contributed by atoms with Crippen molar-refractivity contribution < 1.29 is 9.21 Å². The van der Waals surface area contributed by atoms with Gasteiger partial charge in [0.05, 0.1) is 5.69 Å². The van der Waals surface area contributed by atoms with Gasteiger partial charge < -0.3 is 4.42 Å². The molecule has 1 N–H and O–H groups in total. The first-order valence-corrected chi connectivity index (χ1v) is 7.42. The van der Waals surface area contributed by atoms with Crippen molar-refractivity contribution in [3.05, 3.63) is 41.2 Å². The van der Waals surface area contributed by atoms with Crippen LogP contribution in [0.15, 0.2) is 34.4 Å². The number of nitrogens with zero attached hydrogens (tertiary/aromatic N) is 2. The summed E-state index contributed by atoms with van der Waals surface area (Å²) in [6.07, 6.45) is 1.36. The minimum Gasteiger partial charge on any atom is -0.443 e. The fourth-order valence-electron chi connectivity index (χ4n) is 1.84. The monoisotopic (exact) mass is 301 g/mol. The molecule has 3 aromatic rings. The quantitative estimate of drug-likeness (QED) is 0.781. The van der Waals surface area contributed by atoms with Crippen LogP contribution in [-0.4, -0.2) is 15.9 Å². The van der Waals surface area contributed by atoms with Crippen LogP contribution in [0.1, 0.15) is 36.8 Å². The summed E-state index contributed by atoms with van der Waals surface area (Å²) in [6.45, 7) is 6.27. The van der Waals surface area contributed by atoms with E-state index in [1.165, 1.54) is 17.7 Å². The number of benzene rings is 1. The topological polar surface area (TPSA) is 68.0 Å². The van der Waals surface area contributed by atoms with E-state index in [0.717, 1.165) is 5.69 Å². The number of carbonyl (C=O) groups is 1. The van der Waals surface area contributed by atoms with E-state index in [1.54, 1.807) is 18.2 Å². The number of anilines is 1. The van der Waals surface area contributed by atoms with Crippen LogP contribution in [0.4, 0.5) is 5.13 Å². The molecule has 0 bridgehead atoms. The first-order valence-electron chi connectivity index (χ1n) is 6.54. The Hall–Kier alpha value is -2.21. The molecule has 1 aromatic carbocycles. The Morgan fingerprint density at radius 1 is 1.33 bits per heavy atom. The standard InChI is InChI=1S/C15H15N3O2S/c1-15(2,3)12-7-21-14(17-12)18-13(19)9-4-5-11-10(6-9)16-8-20-11/h4-8H,1-3H3,(H,17,18,19). The first-order chi connectivity index (χ1) is 9.93. The van der Waals surface area contributed by atoms with Crippen LogP contribution in [-0.2, 0) is 5.41 Å². The second-order valence-corrected chi connectivity index (χ2v) is 6.63. The summed E-state index contributed by atoms with van der Waals surface area (Å²) in [4.78, 5) is 20.7. The highest BCUT2D eigenvalue weighted by Crippen LogP contribution is 2.26. The van der Waals surface area contributed by atoms with E-state index in [-0.39, 0.29) is 11.3 Å². The number of oxazole rings is 1. The molecular weight excluding hydrogens is 286 g/mol. The Morgan fingerprint density at radius 3 is 2.86 bits per heavy atom. The van der Waals surface area contributed by atoms with Gasteiger partial charge in [-0.15, -0.1) is 11.3 Å². The van der Waals surface area contributed by atoms with Crippen LogP contribution < -0.4 is 5.32 Å². The summed E-state index contributed by atoms with van der Waals surface area (Å²) in [7, 11) is 0. The molecule has 0 unspecified atom stereocenters. The van der Waals surface area contributed by atoms with E-state index in [1.807, 2.05) is 5.38 Å². The number of carbonyl (C=O) groups excluding carboxylic acids is 1. The predicted molar refractivity (Wildman–Crippen MR) is 82.8 cm³/mol. The average molecular weight is 301 g/mol. The molecular formula is C15H15N3O2S. The first kappa shape index (κ1) is 13.8. The SMILES string of the molecule is CC(C)(C)c1csc(NC(=O)c2ccc3ocnc3c2)n1. The Morgan fingerprint density at radius 2 is 2.14 bits per heavy atom. The molecule has 1 amide bonds. The van der Waals surface area contributed by atoms with Crippen molar-refractivity contribution in [2.45, 2.75) is 26.2 Å². The van der Waals surface area contributed by atoms with Gasteiger partial charge in [-0.25, -0.2) is 9.97 Å².